The third kappa shape index (κ3) is 7.57. The minimum Gasteiger partial charge on any atom is -0.343 e. The van der Waals surface area contributed by atoms with Crippen molar-refractivity contribution >= 4 is 28.2 Å². The highest BCUT2D eigenvalue weighted by molar-refractivity contribution is 7.91. The number of sulfone groups is 1. The molecule has 0 aliphatic carbocycles. The molecular formula is C10H23ClN2O3S. The van der Waals surface area contributed by atoms with E-state index in [-0.39, 0.29) is 36.4 Å². The molecule has 17 heavy (non-hydrogen) atoms. The largest absolute Gasteiger partial charge is 0.343 e. The van der Waals surface area contributed by atoms with E-state index >= 15 is 0 Å². The number of hydrogen-bond acceptors (Lipinski definition) is 4. The van der Waals surface area contributed by atoms with Gasteiger partial charge >= 0.3 is 0 Å². The van der Waals surface area contributed by atoms with Crippen molar-refractivity contribution < 1.29 is 13.2 Å². The van der Waals surface area contributed by atoms with Crippen LogP contribution in [0, 0.1) is 0 Å². The third-order valence-electron chi connectivity index (χ3n) is 2.47. The first-order valence-corrected chi connectivity index (χ1v) is 7.37. The topological polar surface area (TPSA) is 80.5 Å². The first-order chi connectivity index (χ1) is 7.34. The number of hydrogen-bond donors (Lipinski definition) is 1. The summed E-state index contributed by atoms with van der Waals surface area (Å²) in [5.74, 6) is -0.0752. The Bertz CT molecular complexity index is 320. The van der Waals surface area contributed by atoms with Crippen molar-refractivity contribution in [3.63, 3.8) is 0 Å². The number of rotatable bonds is 7. The van der Waals surface area contributed by atoms with Crippen LogP contribution in [0.5, 0.6) is 0 Å². The minimum atomic E-state index is -3.02. The molecule has 0 aromatic carbocycles. The van der Waals surface area contributed by atoms with Crippen molar-refractivity contribution in [3.8, 4) is 0 Å². The number of carbonyl (C=O) groups excluding carboxylic acids is 1. The van der Waals surface area contributed by atoms with E-state index in [2.05, 4.69) is 0 Å². The standard InChI is InChI=1S/C10H22N2O3S.ClH/c1-4-6-9(11)10(13)12(3)7-8-16(14,15)5-2;/h9H,4-8,11H2,1-3H3;1H. The van der Waals surface area contributed by atoms with Gasteiger partial charge in [0.05, 0.1) is 11.8 Å². The number of nitrogens with two attached hydrogens (primary N) is 1. The van der Waals surface area contributed by atoms with Crippen molar-refractivity contribution in [1.29, 1.82) is 0 Å². The normalized spacial score (nSPS) is 12.7. The highest BCUT2D eigenvalue weighted by atomic mass is 35.5. The number of carbonyl (C=O) groups is 1. The van der Waals surface area contributed by atoms with Crippen molar-refractivity contribution in [2.45, 2.75) is 32.7 Å². The lowest BCUT2D eigenvalue weighted by Crippen LogP contribution is -2.43. The molecule has 0 aromatic rings. The van der Waals surface area contributed by atoms with Gasteiger partial charge in [-0.3, -0.25) is 4.79 Å². The number of nitrogens with zero attached hydrogens (tertiary/aromatic N) is 1. The molecule has 0 radical (unpaired) electrons. The fourth-order valence-electron chi connectivity index (χ4n) is 1.25. The Morgan fingerprint density at radius 1 is 1.35 bits per heavy atom. The number of likely N-dealkylation sites (N-methyl/N-ethyl adjacent to an activating group) is 1. The summed E-state index contributed by atoms with van der Waals surface area (Å²) in [5, 5.41) is 0. The smallest absolute Gasteiger partial charge is 0.239 e. The molecule has 0 saturated carbocycles. The molecule has 0 aromatic heterocycles. The average Bonchev–Trinajstić information content (AvgIpc) is 2.25. The Hall–Kier alpha value is -0.330. The molecule has 7 heteroatoms. The number of amides is 1. The molecule has 0 fully saturated rings. The fraction of sp³-hybridized carbons (Fsp3) is 0.900. The van der Waals surface area contributed by atoms with E-state index in [0.717, 1.165) is 6.42 Å². The van der Waals surface area contributed by atoms with Gasteiger partial charge in [0.15, 0.2) is 9.84 Å². The van der Waals surface area contributed by atoms with E-state index in [0.29, 0.717) is 6.42 Å². The monoisotopic (exact) mass is 286 g/mol. The quantitative estimate of drug-likeness (QED) is 0.736. The van der Waals surface area contributed by atoms with Gasteiger partial charge in [-0.05, 0) is 6.42 Å². The van der Waals surface area contributed by atoms with Crippen molar-refractivity contribution in [1.82, 2.24) is 4.90 Å². The van der Waals surface area contributed by atoms with Gasteiger partial charge in [0.25, 0.3) is 0 Å². The first kappa shape index (κ1) is 19.0. The summed E-state index contributed by atoms with van der Waals surface area (Å²) < 4.78 is 22.5. The summed E-state index contributed by atoms with van der Waals surface area (Å²) in [7, 11) is -1.43. The second-order valence-electron chi connectivity index (χ2n) is 3.89. The van der Waals surface area contributed by atoms with Crippen LogP contribution in [0.2, 0.25) is 0 Å². The molecule has 0 heterocycles. The molecule has 5 nitrogen and oxygen atoms in total. The molecule has 104 valence electrons. The zero-order valence-electron chi connectivity index (χ0n) is 10.7. The Labute approximate surface area is 110 Å². The molecule has 2 N–H and O–H groups in total. The average molecular weight is 287 g/mol. The second kappa shape index (κ2) is 8.72. The van der Waals surface area contributed by atoms with Crippen LogP contribution in [0.1, 0.15) is 26.7 Å². The number of halogens is 1. The van der Waals surface area contributed by atoms with Crippen molar-refractivity contribution in [2.75, 3.05) is 25.1 Å². The van der Waals surface area contributed by atoms with E-state index in [1.807, 2.05) is 6.92 Å². The van der Waals surface area contributed by atoms with Gasteiger partial charge in [0, 0.05) is 19.3 Å². The van der Waals surface area contributed by atoms with Crippen LogP contribution in [0.4, 0.5) is 0 Å². The van der Waals surface area contributed by atoms with Crippen LogP contribution in [-0.4, -0.2) is 50.4 Å². The van der Waals surface area contributed by atoms with Gasteiger partial charge in [0.2, 0.25) is 5.91 Å². The molecule has 0 rings (SSSR count). The molecule has 0 bridgehead atoms. The summed E-state index contributed by atoms with van der Waals surface area (Å²) in [6.45, 7) is 3.76. The molecule has 0 aliphatic heterocycles. The van der Waals surface area contributed by atoms with E-state index in [4.69, 9.17) is 5.73 Å². The second-order valence-corrected chi connectivity index (χ2v) is 6.36. The summed E-state index contributed by atoms with van der Waals surface area (Å²) in [4.78, 5) is 13.0. The van der Waals surface area contributed by atoms with E-state index < -0.39 is 15.9 Å². The van der Waals surface area contributed by atoms with Crippen LogP contribution in [-0.2, 0) is 14.6 Å². The molecule has 0 spiro atoms. The van der Waals surface area contributed by atoms with Gasteiger partial charge in [-0.2, -0.15) is 0 Å². The summed E-state index contributed by atoms with van der Waals surface area (Å²) in [6, 6.07) is -0.515. The van der Waals surface area contributed by atoms with Crippen LogP contribution < -0.4 is 5.73 Å². The first-order valence-electron chi connectivity index (χ1n) is 5.55. The van der Waals surface area contributed by atoms with Gasteiger partial charge in [-0.1, -0.05) is 20.3 Å². The SMILES string of the molecule is CCCC(N)C(=O)N(C)CCS(=O)(=O)CC.Cl. The molecule has 1 amide bonds. The van der Waals surface area contributed by atoms with Crippen LogP contribution >= 0.6 is 12.4 Å². The fourth-order valence-corrected chi connectivity index (χ4v) is 2.09. The van der Waals surface area contributed by atoms with Gasteiger partial charge in [-0.15, -0.1) is 12.4 Å². The summed E-state index contributed by atoms with van der Waals surface area (Å²) >= 11 is 0. The molecule has 1 atom stereocenters. The van der Waals surface area contributed by atoms with Gasteiger partial charge < -0.3 is 10.6 Å². The zero-order chi connectivity index (χ0) is 12.8. The lowest BCUT2D eigenvalue weighted by molar-refractivity contribution is -0.131. The molecular weight excluding hydrogens is 264 g/mol. The van der Waals surface area contributed by atoms with Crippen LogP contribution in [0.3, 0.4) is 0 Å². The van der Waals surface area contributed by atoms with Crippen molar-refractivity contribution in [3.05, 3.63) is 0 Å². The third-order valence-corrected chi connectivity index (χ3v) is 4.15. The maximum absolute atomic E-state index is 11.6. The summed E-state index contributed by atoms with van der Waals surface area (Å²) in [5.41, 5.74) is 5.66. The molecule has 0 saturated heterocycles. The minimum absolute atomic E-state index is 0. The zero-order valence-corrected chi connectivity index (χ0v) is 12.3. The van der Waals surface area contributed by atoms with Crippen LogP contribution in [0.15, 0.2) is 0 Å². The maximum Gasteiger partial charge on any atom is 0.239 e. The Balaban J connectivity index is 0. The van der Waals surface area contributed by atoms with Gasteiger partial charge in [-0.25, -0.2) is 8.42 Å². The maximum atomic E-state index is 11.6. The summed E-state index contributed by atoms with van der Waals surface area (Å²) in [6.07, 6.45) is 1.47. The lowest BCUT2D eigenvalue weighted by atomic mass is 10.1. The lowest BCUT2D eigenvalue weighted by Gasteiger charge is -2.20. The molecule has 0 aliphatic rings. The predicted octanol–water partition coefficient (Wildman–Crippen LogP) is 0.429. The van der Waals surface area contributed by atoms with Crippen LogP contribution in [0.25, 0.3) is 0 Å². The highest BCUT2D eigenvalue weighted by Crippen LogP contribution is 1.99. The van der Waals surface area contributed by atoms with E-state index in [1.54, 1.807) is 14.0 Å². The molecule has 1 unspecified atom stereocenters. The van der Waals surface area contributed by atoms with E-state index in [9.17, 15) is 13.2 Å². The Kier molecular flexibility index (Phi) is 9.75. The van der Waals surface area contributed by atoms with Gasteiger partial charge in [0.1, 0.15) is 0 Å². The highest BCUT2D eigenvalue weighted by Gasteiger charge is 2.18. The Morgan fingerprint density at radius 3 is 2.29 bits per heavy atom. The van der Waals surface area contributed by atoms with Crippen molar-refractivity contribution in [2.24, 2.45) is 5.73 Å². The predicted molar refractivity (Wildman–Crippen MR) is 72.1 cm³/mol. The Morgan fingerprint density at radius 2 is 1.88 bits per heavy atom. The van der Waals surface area contributed by atoms with E-state index in [1.165, 1.54) is 4.90 Å².